The Morgan fingerprint density at radius 3 is 2.68 bits per heavy atom. The minimum atomic E-state index is -0.424. The molecule has 3 N–H and O–H groups in total. The van der Waals surface area contributed by atoms with Crippen LogP contribution in [0.4, 0.5) is 5.95 Å². The molecule has 4 heterocycles. The molecular formula is C20H14N6OS. The average Bonchev–Trinajstić information content (AvgIpc) is 3.42. The average molecular weight is 386 g/mol. The second kappa shape index (κ2) is 5.67. The highest BCUT2D eigenvalue weighted by Crippen LogP contribution is 2.36. The van der Waals surface area contributed by atoms with Gasteiger partial charge in [0.1, 0.15) is 5.76 Å². The van der Waals surface area contributed by atoms with Crippen molar-refractivity contribution in [1.29, 1.82) is 0 Å². The Morgan fingerprint density at radius 1 is 0.964 bits per heavy atom. The second-order valence-electron chi connectivity index (χ2n) is 6.50. The summed E-state index contributed by atoms with van der Waals surface area (Å²) >= 11 is 1.60. The number of benzene rings is 2. The van der Waals surface area contributed by atoms with Gasteiger partial charge in [-0.05, 0) is 36.4 Å². The molecule has 0 saturated carbocycles. The number of anilines is 1. The lowest BCUT2D eigenvalue weighted by atomic mass is 10.3. The number of hydrogen-bond acceptors (Lipinski definition) is 7. The number of nitrogens with zero attached hydrogens (tertiary/aromatic N) is 4. The quantitative estimate of drug-likeness (QED) is 0.474. The van der Waals surface area contributed by atoms with Crippen molar-refractivity contribution in [3.8, 4) is 10.8 Å². The van der Waals surface area contributed by atoms with Crippen LogP contribution in [0.1, 0.15) is 11.9 Å². The maximum Gasteiger partial charge on any atom is 0.212 e. The lowest BCUT2D eigenvalue weighted by Crippen LogP contribution is -2.31. The van der Waals surface area contributed by atoms with Gasteiger partial charge in [-0.1, -0.05) is 24.3 Å². The Balaban J connectivity index is 1.47. The summed E-state index contributed by atoms with van der Waals surface area (Å²) in [6.07, 6.45) is -0.424. The predicted octanol–water partition coefficient (Wildman–Crippen LogP) is 4.19. The van der Waals surface area contributed by atoms with Gasteiger partial charge in [0, 0.05) is 0 Å². The fourth-order valence-corrected chi connectivity index (χ4v) is 4.42. The van der Waals surface area contributed by atoms with Crippen molar-refractivity contribution >= 4 is 44.5 Å². The molecule has 0 fully saturated rings. The first-order valence-electron chi connectivity index (χ1n) is 8.79. The Hall–Kier alpha value is -3.65. The number of thiazole rings is 1. The maximum atomic E-state index is 6.17. The van der Waals surface area contributed by atoms with Gasteiger partial charge in [0.05, 0.1) is 21.3 Å². The van der Waals surface area contributed by atoms with Crippen molar-refractivity contribution in [3.63, 3.8) is 0 Å². The molecule has 136 valence electrons. The summed E-state index contributed by atoms with van der Waals surface area (Å²) in [6, 6.07) is 19.8. The van der Waals surface area contributed by atoms with Gasteiger partial charge < -0.3 is 10.2 Å². The molecule has 0 saturated heterocycles. The molecule has 7 nitrogen and oxygen atoms in total. The van der Waals surface area contributed by atoms with E-state index in [0.717, 1.165) is 32.0 Å². The molecule has 1 atom stereocenters. The van der Waals surface area contributed by atoms with Crippen LogP contribution in [0.2, 0.25) is 0 Å². The van der Waals surface area contributed by atoms with E-state index in [1.807, 2.05) is 59.2 Å². The van der Waals surface area contributed by atoms with Gasteiger partial charge in [0.25, 0.3) is 0 Å². The van der Waals surface area contributed by atoms with E-state index in [2.05, 4.69) is 26.3 Å². The van der Waals surface area contributed by atoms with E-state index < -0.39 is 6.17 Å². The fourth-order valence-electron chi connectivity index (χ4n) is 3.49. The first-order valence-corrected chi connectivity index (χ1v) is 9.61. The normalized spacial score (nSPS) is 16.1. The zero-order chi connectivity index (χ0) is 18.7. The number of aromatic nitrogens is 3. The van der Waals surface area contributed by atoms with Crippen LogP contribution in [-0.4, -0.2) is 20.5 Å². The lowest BCUT2D eigenvalue weighted by Gasteiger charge is -2.21. The number of furan rings is 1. The minimum absolute atomic E-state index is 0.311. The largest absolute Gasteiger partial charge is 0.454 e. The van der Waals surface area contributed by atoms with Crippen LogP contribution in [0.5, 0.6) is 0 Å². The molecule has 6 rings (SSSR count). The topological polar surface area (TPSA) is 94.3 Å². The van der Waals surface area contributed by atoms with Crippen molar-refractivity contribution in [2.75, 3.05) is 5.32 Å². The monoisotopic (exact) mass is 386 g/mol. The van der Waals surface area contributed by atoms with Gasteiger partial charge in [0.2, 0.25) is 5.95 Å². The predicted molar refractivity (Wildman–Crippen MR) is 110 cm³/mol. The highest BCUT2D eigenvalue weighted by Gasteiger charge is 2.27. The molecular weight excluding hydrogens is 372 g/mol. The number of nitrogens with two attached hydrogens (primary N) is 1. The van der Waals surface area contributed by atoms with E-state index in [0.29, 0.717) is 17.7 Å². The van der Waals surface area contributed by atoms with Gasteiger partial charge in [-0.3, -0.25) is 9.88 Å². The van der Waals surface area contributed by atoms with Gasteiger partial charge in [0.15, 0.2) is 22.9 Å². The van der Waals surface area contributed by atoms with E-state index in [1.165, 1.54) is 0 Å². The zero-order valence-corrected chi connectivity index (χ0v) is 15.4. The van der Waals surface area contributed by atoms with Crippen LogP contribution in [0.3, 0.4) is 0 Å². The van der Waals surface area contributed by atoms with Crippen molar-refractivity contribution < 1.29 is 4.42 Å². The summed E-state index contributed by atoms with van der Waals surface area (Å²) in [4.78, 5) is 13.8. The zero-order valence-electron chi connectivity index (χ0n) is 14.5. The molecule has 0 aliphatic carbocycles. The Morgan fingerprint density at radius 2 is 1.79 bits per heavy atom. The molecule has 3 aromatic heterocycles. The van der Waals surface area contributed by atoms with E-state index in [-0.39, 0.29) is 0 Å². The summed E-state index contributed by atoms with van der Waals surface area (Å²) in [7, 11) is 0. The van der Waals surface area contributed by atoms with Crippen LogP contribution in [0.15, 0.2) is 70.1 Å². The van der Waals surface area contributed by atoms with Gasteiger partial charge in [-0.2, -0.15) is 0 Å². The number of guanidine groups is 1. The van der Waals surface area contributed by atoms with Crippen molar-refractivity contribution in [2.45, 2.75) is 6.17 Å². The van der Waals surface area contributed by atoms with E-state index in [4.69, 9.17) is 10.2 Å². The number of nitrogens with one attached hydrogen (secondary N) is 1. The summed E-state index contributed by atoms with van der Waals surface area (Å²) in [5, 5.41) is 3.87. The van der Waals surface area contributed by atoms with E-state index >= 15 is 0 Å². The van der Waals surface area contributed by atoms with Crippen molar-refractivity contribution in [3.05, 3.63) is 66.4 Å². The third-order valence-corrected chi connectivity index (χ3v) is 5.78. The van der Waals surface area contributed by atoms with E-state index in [9.17, 15) is 0 Å². The van der Waals surface area contributed by atoms with Crippen molar-refractivity contribution in [1.82, 2.24) is 14.5 Å². The number of fused-ring (bicyclic) bond motifs is 4. The smallest absolute Gasteiger partial charge is 0.212 e. The molecule has 0 radical (unpaired) electrons. The van der Waals surface area contributed by atoms with Crippen LogP contribution in [-0.2, 0) is 0 Å². The number of imidazole rings is 1. The number of hydrogen-bond donors (Lipinski definition) is 2. The highest BCUT2D eigenvalue weighted by molar-refractivity contribution is 7.21. The third-order valence-electron chi connectivity index (χ3n) is 4.73. The Kier molecular flexibility index (Phi) is 3.12. The first-order chi connectivity index (χ1) is 13.8. The number of para-hydroxylation sites is 3. The Bertz CT molecular complexity index is 1340. The first kappa shape index (κ1) is 15.4. The summed E-state index contributed by atoms with van der Waals surface area (Å²) in [5.41, 5.74) is 8.80. The molecule has 1 aliphatic rings. The fraction of sp³-hybridized carbons (Fsp3) is 0.0500. The molecule has 8 heteroatoms. The van der Waals surface area contributed by atoms with Crippen molar-refractivity contribution in [2.24, 2.45) is 10.7 Å². The summed E-state index contributed by atoms with van der Waals surface area (Å²) in [5.74, 6) is 2.36. The summed E-state index contributed by atoms with van der Waals surface area (Å²) < 4.78 is 9.29. The van der Waals surface area contributed by atoms with Gasteiger partial charge in [-0.15, -0.1) is 11.3 Å². The molecule has 28 heavy (non-hydrogen) atoms. The molecule has 5 aromatic rings. The van der Waals surface area contributed by atoms with E-state index in [1.54, 1.807) is 11.3 Å². The summed E-state index contributed by atoms with van der Waals surface area (Å²) in [6.45, 7) is 0. The molecule has 1 unspecified atom stereocenters. The highest BCUT2D eigenvalue weighted by atomic mass is 32.1. The van der Waals surface area contributed by atoms with Gasteiger partial charge >= 0.3 is 0 Å². The van der Waals surface area contributed by atoms with Gasteiger partial charge in [-0.25, -0.2) is 15.0 Å². The minimum Gasteiger partial charge on any atom is -0.454 e. The van der Waals surface area contributed by atoms with Crippen LogP contribution in [0, 0.1) is 0 Å². The molecule has 0 bridgehead atoms. The maximum absolute atomic E-state index is 6.17. The molecule has 2 aromatic carbocycles. The number of rotatable bonds is 2. The Labute approximate surface area is 163 Å². The SMILES string of the molecule is NC1=NC(c2ccc(-c3nc4ccccc4s3)o2)n2c(nc3ccccc32)N1. The standard InChI is InChI=1S/C20H14N6OS/c21-19-24-17(26-13-7-3-1-5-11(13)23-20(26)25-19)14-9-10-15(27-14)18-22-12-6-2-4-8-16(12)28-18/h1-10,17H,(H3,21,23,24,25). The second-order valence-corrected chi connectivity index (χ2v) is 7.53. The molecule has 0 spiro atoms. The van der Waals surface area contributed by atoms with Crippen LogP contribution < -0.4 is 11.1 Å². The lowest BCUT2D eigenvalue weighted by molar-refractivity contribution is 0.449. The third kappa shape index (κ3) is 2.25. The van der Waals surface area contributed by atoms with Crippen LogP contribution >= 0.6 is 11.3 Å². The van der Waals surface area contributed by atoms with Crippen LogP contribution in [0.25, 0.3) is 32.0 Å². The molecule has 1 aliphatic heterocycles. The molecule has 0 amide bonds. The number of aliphatic imine (C=N–C) groups is 1.